The Kier molecular flexibility index (Phi) is 3.64. The molecule has 4 heteroatoms. The quantitative estimate of drug-likeness (QED) is 0.916. The van der Waals surface area contributed by atoms with Crippen LogP contribution >= 0.6 is 0 Å². The minimum atomic E-state index is -0.877. The van der Waals surface area contributed by atoms with Gasteiger partial charge in [0.1, 0.15) is 17.4 Å². The fourth-order valence-electron chi connectivity index (χ4n) is 2.78. The van der Waals surface area contributed by atoms with E-state index in [9.17, 15) is 8.78 Å². The molecule has 0 fully saturated rings. The van der Waals surface area contributed by atoms with Gasteiger partial charge in [0.05, 0.1) is 12.6 Å². The molecule has 0 aromatic heterocycles. The van der Waals surface area contributed by atoms with Gasteiger partial charge in [0.25, 0.3) is 0 Å². The number of nitrogens with two attached hydrogens (primary N) is 1. The molecule has 2 N–H and O–H groups in total. The normalized spacial score (nSPS) is 15.2. The van der Waals surface area contributed by atoms with E-state index in [0.717, 1.165) is 18.4 Å². The lowest BCUT2D eigenvalue weighted by molar-refractivity contribution is 0.284. The van der Waals surface area contributed by atoms with E-state index < -0.39 is 17.7 Å². The van der Waals surface area contributed by atoms with E-state index in [1.807, 2.05) is 12.1 Å². The molecule has 2 aromatic rings. The number of rotatable bonds is 2. The number of ether oxygens (including phenoxy) is 1. The summed E-state index contributed by atoms with van der Waals surface area (Å²) < 4.78 is 34.0. The predicted octanol–water partition coefficient (Wildman–Crippen LogP) is 3.65. The second-order valence-corrected chi connectivity index (χ2v) is 5.36. The van der Waals surface area contributed by atoms with Gasteiger partial charge in [-0.3, -0.25) is 0 Å². The maximum Gasteiger partial charge on any atom is 0.134 e. The highest BCUT2D eigenvalue weighted by Crippen LogP contribution is 2.36. The van der Waals surface area contributed by atoms with Crippen molar-refractivity contribution in [2.75, 3.05) is 6.61 Å². The summed E-state index contributed by atoms with van der Waals surface area (Å²) in [5, 5.41) is 0. The van der Waals surface area contributed by atoms with E-state index in [0.29, 0.717) is 23.5 Å². The van der Waals surface area contributed by atoms with Gasteiger partial charge in [-0.25, -0.2) is 8.78 Å². The van der Waals surface area contributed by atoms with Crippen molar-refractivity contribution in [2.45, 2.75) is 25.8 Å². The molecule has 3 rings (SSSR count). The van der Waals surface area contributed by atoms with Crippen LogP contribution in [0.25, 0.3) is 0 Å². The molecular weight excluding hydrogens is 272 g/mol. The first-order valence-electron chi connectivity index (χ1n) is 7.04. The Bertz CT molecular complexity index is 685. The van der Waals surface area contributed by atoms with E-state index in [1.165, 1.54) is 12.1 Å². The highest BCUT2D eigenvalue weighted by Gasteiger charge is 2.25. The summed E-state index contributed by atoms with van der Waals surface area (Å²) in [5.41, 5.74) is 8.11. The monoisotopic (exact) mass is 289 g/mol. The van der Waals surface area contributed by atoms with Gasteiger partial charge in [0.15, 0.2) is 0 Å². The molecule has 1 aliphatic heterocycles. The largest absolute Gasteiger partial charge is 0.493 e. The Labute approximate surface area is 122 Å². The molecule has 21 heavy (non-hydrogen) atoms. The molecule has 1 atom stereocenters. The van der Waals surface area contributed by atoms with E-state index in [4.69, 9.17) is 10.5 Å². The zero-order chi connectivity index (χ0) is 15.0. The molecule has 110 valence electrons. The average molecular weight is 289 g/mol. The van der Waals surface area contributed by atoms with E-state index in [2.05, 4.69) is 0 Å². The molecule has 2 aromatic carbocycles. The summed E-state index contributed by atoms with van der Waals surface area (Å²) >= 11 is 0. The third kappa shape index (κ3) is 2.40. The first-order chi connectivity index (χ1) is 10.1. The molecule has 0 aliphatic carbocycles. The molecule has 1 heterocycles. The lowest BCUT2D eigenvalue weighted by atomic mass is 9.93. The first-order valence-corrected chi connectivity index (χ1v) is 7.04. The van der Waals surface area contributed by atoms with Gasteiger partial charge >= 0.3 is 0 Å². The number of halogens is 2. The highest BCUT2D eigenvalue weighted by molar-refractivity contribution is 5.48. The number of benzene rings is 2. The highest BCUT2D eigenvalue weighted by atomic mass is 19.1. The second kappa shape index (κ2) is 5.45. The number of hydrogen-bond donors (Lipinski definition) is 1. The molecule has 0 saturated carbocycles. The zero-order valence-corrected chi connectivity index (χ0v) is 11.8. The summed E-state index contributed by atoms with van der Waals surface area (Å²) in [6.45, 7) is 2.21. The summed E-state index contributed by atoms with van der Waals surface area (Å²) in [6, 6.07) is 7.39. The zero-order valence-electron chi connectivity index (χ0n) is 11.8. The Hall–Kier alpha value is -1.94. The van der Waals surface area contributed by atoms with Gasteiger partial charge in [-0.05, 0) is 37.0 Å². The van der Waals surface area contributed by atoms with Crippen LogP contribution in [0.4, 0.5) is 8.78 Å². The van der Waals surface area contributed by atoms with Crippen LogP contribution in [0.3, 0.4) is 0 Å². The number of para-hydroxylation sites is 1. The van der Waals surface area contributed by atoms with Crippen LogP contribution in [-0.2, 0) is 6.42 Å². The maximum atomic E-state index is 14.3. The number of hydrogen-bond acceptors (Lipinski definition) is 2. The third-order valence-electron chi connectivity index (χ3n) is 3.93. The Morgan fingerprint density at radius 1 is 1.19 bits per heavy atom. The lowest BCUT2D eigenvalue weighted by Gasteiger charge is -2.24. The number of fused-ring (bicyclic) bond motifs is 1. The minimum Gasteiger partial charge on any atom is -0.493 e. The Morgan fingerprint density at radius 3 is 2.81 bits per heavy atom. The van der Waals surface area contributed by atoms with Crippen LogP contribution in [0.15, 0.2) is 30.3 Å². The van der Waals surface area contributed by atoms with Crippen LogP contribution < -0.4 is 10.5 Å². The van der Waals surface area contributed by atoms with Crippen LogP contribution in [0, 0.1) is 18.6 Å². The van der Waals surface area contributed by atoms with Crippen molar-refractivity contribution in [3.05, 3.63) is 64.2 Å². The standard InChI is InChI=1S/C17H17F2NO/c1-10-7-8-13(18)14(15(10)19)16(20)12-6-2-4-11-5-3-9-21-17(11)12/h2,4,6-8,16H,3,5,9,20H2,1H3. The van der Waals surface area contributed by atoms with Gasteiger partial charge in [0.2, 0.25) is 0 Å². The lowest BCUT2D eigenvalue weighted by Crippen LogP contribution is -2.20. The summed E-state index contributed by atoms with van der Waals surface area (Å²) in [5.74, 6) is -0.536. The third-order valence-corrected chi connectivity index (χ3v) is 3.93. The second-order valence-electron chi connectivity index (χ2n) is 5.36. The molecule has 0 saturated heterocycles. The van der Waals surface area contributed by atoms with Gasteiger partial charge in [0, 0.05) is 11.1 Å². The van der Waals surface area contributed by atoms with Crippen molar-refractivity contribution >= 4 is 0 Å². The van der Waals surface area contributed by atoms with Gasteiger partial charge < -0.3 is 10.5 Å². The molecule has 0 spiro atoms. The van der Waals surface area contributed by atoms with Gasteiger partial charge in [-0.1, -0.05) is 24.3 Å². The van der Waals surface area contributed by atoms with Crippen LogP contribution in [0.5, 0.6) is 5.75 Å². The SMILES string of the molecule is Cc1ccc(F)c(C(N)c2cccc3c2OCCC3)c1F. The molecular formula is C17H17F2NO. The topological polar surface area (TPSA) is 35.2 Å². The fourth-order valence-corrected chi connectivity index (χ4v) is 2.78. The van der Waals surface area contributed by atoms with Crippen molar-refractivity contribution in [2.24, 2.45) is 5.73 Å². The molecule has 0 bridgehead atoms. The Morgan fingerprint density at radius 2 is 2.00 bits per heavy atom. The van der Waals surface area contributed by atoms with Crippen LogP contribution in [0.1, 0.15) is 34.7 Å². The van der Waals surface area contributed by atoms with Gasteiger partial charge in [-0.2, -0.15) is 0 Å². The molecule has 1 unspecified atom stereocenters. The van der Waals surface area contributed by atoms with Gasteiger partial charge in [-0.15, -0.1) is 0 Å². The molecule has 2 nitrogen and oxygen atoms in total. The van der Waals surface area contributed by atoms with Crippen molar-refractivity contribution in [3.8, 4) is 5.75 Å². The molecule has 0 radical (unpaired) electrons. The van der Waals surface area contributed by atoms with Crippen LogP contribution in [0.2, 0.25) is 0 Å². The van der Waals surface area contributed by atoms with Crippen LogP contribution in [-0.4, -0.2) is 6.61 Å². The maximum absolute atomic E-state index is 14.3. The van der Waals surface area contributed by atoms with E-state index in [1.54, 1.807) is 13.0 Å². The fraction of sp³-hybridized carbons (Fsp3) is 0.294. The smallest absolute Gasteiger partial charge is 0.134 e. The van der Waals surface area contributed by atoms with E-state index in [-0.39, 0.29) is 5.56 Å². The predicted molar refractivity (Wildman–Crippen MR) is 77.4 cm³/mol. The first kappa shape index (κ1) is 14.0. The Balaban J connectivity index is 2.12. The van der Waals surface area contributed by atoms with Crippen molar-refractivity contribution in [1.82, 2.24) is 0 Å². The van der Waals surface area contributed by atoms with Crippen molar-refractivity contribution in [1.29, 1.82) is 0 Å². The minimum absolute atomic E-state index is 0.0995. The van der Waals surface area contributed by atoms with Crippen molar-refractivity contribution in [3.63, 3.8) is 0 Å². The summed E-state index contributed by atoms with van der Waals surface area (Å²) in [6.07, 6.45) is 1.84. The number of aryl methyl sites for hydroxylation is 2. The van der Waals surface area contributed by atoms with Crippen molar-refractivity contribution < 1.29 is 13.5 Å². The molecule has 1 aliphatic rings. The molecule has 0 amide bonds. The van der Waals surface area contributed by atoms with E-state index >= 15 is 0 Å². The average Bonchev–Trinajstić information content (AvgIpc) is 2.50. The summed E-state index contributed by atoms with van der Waals surface area (Å²) in [4.78, 5) is 0. The summed E-state index contributed by atoms with van der Waals surface area (Å²) in [7, 11) is 0.